The number of furan rings is 1. The van der Waals surface area contributed by atoms with Crippen molar-refractivity contribution in [2.75, 3.05) is 19.6 Å². The van der Waals surface area contributed by atoms with Crippen molar-refractivity contribution in [3.8, 4) is 0 Å². The van der Waals surface area contributed by atoms with E-state index in [2.05, 4.69) is 44.9 Å². The molecule has 0 aliphatic carbocycles. The molecule has 7 nitrogen and oxygen atoms in total. The topological polar surface area (TPSA) is 76.2 Å². The van der Waals surface area contributed by atoms with Crippen LogP contribution < -0.4 is 5.32 Å². The lowest BCUT2D eigenvalue weighted by atomic mass is 10.3. The standard InChI is InChI=1S/C18H25N5O2/c1-13(2)6-8-22-9-7-16-20-21-17(23(16)11-10-22)14(3)19-18(24)15-5-4-12-25-15/h4-6,12,14H,7-11H2,1-3H3,(H,19,24). The van der Waals surface area contributed by atoms with Crippen molar-refractivity contribution in [3.05, 3.63) is 47.5 Å². The molecule has 0 fully saturated rings. The van der Waals surface area contributed by atoms with Gasteiger partial charge in [-0.25, -0.2) is 0 Å². The third kappa shape index (κ3) is 4.17. The van der Waals surface area contributed by atoms with Crippen LogP contribution in [0.3, 0.4) is 0 Å². The van der Waals surface area contributed by atoms with Gasteiger partial charge in [0.2, 0.25) is 0 Å². The van der Waals surface area contributed by atoms with E-state index in [9.17, 15) is 4.79 Å². The molecule has 3 heterocycles. The smallest absolute Gasteiger partial charge is 0.287 e. The number of rotatable bonds is 5. The fourth-order valence-electron chi connectivity index (χ4n) is 2.94. The van der Waals surface area contributed by atoms with Gasteiger partial charge in [-0.05, 0) is 32.9 Å². The number of nitrogens with one attached hydrogen (secondary N) is 1. The second-order valence-electron chi connectivity index (χ2n) is 6.63. The second kappa shape index (κ2) is 7.65. The van der Waals surface area contributed by atoms with Crippen LogP contribution in [-0.4, -0.2) is 45.2 Å². The van der Waals surface area contributed by atoms with E-state index >= 15 is 0 Å². The first-order valence-corrected chi connectivity index (χ1v) is 8.66. The molecule has 1 N–H and O–H groups in total. The van der Waals surface area contributed by atoms with E-state index in [1.165, 1.54) is 11.8 Å². The average molecular weight is 343 g/mol. The van der Waals surface area contributed by atoms with Crippen LogP contribution in [0, 0.1) is 0 Å². The van der Waals surface area contributed by atoms with E-state index < -0.39 is 0 Å². The fourth-order valence-corrected chi connectivity index (χ4v) is 2.94. The molecule has 1 unspecified atom stereocenters. The predicted molar refractivity (Wildman–Crippen MR) is 94.2 cm³/mol. The van der Waals surface area contributed by atoms with Gasteiger partial charge in [-0.2, -0.15) is 0 Å². The molecule has 0 bridgehead atoms. The maximum atomic E-state index is 12.2. The van der Waals surface area contributed by atoms with Crippen molar-refractivity contribution in [1.82, 2.24) is 25.0 Å². The van der Waals surface area contributed by atoms with E-state index in [1.807, 2.05) is 6.92 Å². The Morgan fingerprint density at radius 2 is 2.20 bits per heavy atom. The Balaban J connectivity index is 1.67. The van der Waals surface area contributed by atoms with Crippen LogP contribution in [0.25, 0.3) is 0 Å². The summed E-state index contributed by atoms with van der Waals surface area (Å²) in [5.74, 6) is 1.83. The quantitative estimate of drug-likeness (QED) is 0.842. The van der Waals surface area contributed by atoms with Crippen LogP contribution in [0.5, 0.6) is 0 Å². The van der Waals surface area contributed by atoms with Crippen LogP contribution >= 0.6 is 0 Å². The number of amides is 1. The molecular weight excluding hydrogens is 318 g/mol. The highest BCUT2D eigenvalue weighted by molar-refractivity contribution is 5.91. The highest BCUT2D eigenvalue weighted by Gasteiger charge is 2.23. The lowest BCUT2D eigenvalue weighted by molar-refractivity contribution is 0.0909. The number of allylic oxidation sites excluding steroid dienone is 1. The van der Waals surface area contributed by atoms with Crippen LogP contribution in [0.4, 0.5) is 0 Å². The lowest BCUT2D eigenvalue weighted by Crippen LogP contribution is -2.30. The Bertz CT molecular complexity index is 744. The lowest BCUT2D eigenvalue weighted by Gasteiger charge is -2.18. The summed E-state index contributed by atoms with van der Waals surface area (Å²) in [6.07, 6.45) is 4.60. The van der Waals surface area contributed by atoms with Gasteiger partial charge in [-0.1, -0.05) is 11.6 Å². The van der Waals surface area contributed by atoms with Gasteiger partial charge in [0.15, 0.2) is 11.6 Å². The van der Waals surface area contributed by atoms with E-state index in [4.69, 9.17) is 4.42 Å². The number of hydrogen-bond acceptors (Lipinski definition) is 5. The second-order valence-corrected chi connectivity index (χ2v) is 6.63. The summed E-state index contributed by atoms with van der Waals surface area (Å²) in [5.41, 5.74) is 1.33. The molecule has 1 atom stereocenters. The zero-order valence-corrected chi connectivity index (χ0v) is 15.0. The molecule has 2 aromatic rings. The minimum absolute atomic E-state index is 0.233. The van der Waals surface area contributed by atoms with Crippen molar-refractivity contribution in [1.29, 1.82) is 0 Å². The minimum atomic E-state index is -0.242. The first-order chi connectivity index (χ1) is 12.0. The zero-order valence-electron chi connectivity index (χ0n) is 15.0. The molecule has 7 heteroatoms. The molecule has 0 radical (unpaired) electrons. The summed E-state index contributed by atoms with van der Waals surface area (Å²) in [5, 5.41) is 11.6. The molecule has 0 aromatic carbocycles. The average Bonchev–Trinajstić information content (AvgIpc) is 3.20. The first-order valence-electron chi connectivity index (χ1n) is 8.66. The number of carbonyl (C=O) groups excluding carboxylic acids is 1. The van der Waals surface area contributed by atoms with Crippen molar-refractivity contribution in [3.63, 3.8) is 0 Å². The van der Waals surface area contributed by atoms with Gasteiger partial charge < -0.3 is 14.3 Å². The Morgan fingerprint density at radius 1 is 1.36 bits per heavy atom. The highest BCUT2D eigenvalue weighted by Crippen LogP contribution is 2.16. The SMILES string of the molecule is CC(C)=CCN1CCc2nnc(C(C)NC(=O)c3ccco3)n2CC1. The predicted octanol–water partition coefficient (Wildman–Crippen LogP) is 2.19. The molecule has 0 saturated heterocycles. The normalized spacial score (nSPS) is 16.0. The van der Waals surface area contributed by atoms with E-state index in [-0.39, 0.29) is 11.9 Å². The highest BCUT2D eigenvalue weighted by atomic mass is 16.3. The minimum Gasteiger partial charge on any atom is -0.459 e. The number of nitrogens with zero attached hydrogens (tertiary/aromatic N) is 4. The molecule has 3 rings (SSSR count). The van der Waals surface area contributed by atoms with Gasteiger partial charge in [0, 0.05) is 32.6 Å². The summed E-state index contributed by atoms with van der Waals surface area (Å²) in [6, 6.07) is 3.11. The van der Waals surface area contributed by atoms with Gasteiger partial charge in [-0.15, -0.1) is 10.2 Å². The maximum Gasteiger partial charge on any atom is 0.287 e. The monoisotopic (exact) mass is 343 g/mol. The Hall–Kier alpha value is -2.41. The summed E-state index contributed by atoms with van der Waals surface area (Å²) in [7, 11) is 0. The van der Waals surface area contributed by atoms with Crippen molar-refractivity contribution in [2.24, 2.45) is 0 Å². The Labute approximate surface area is 147 Å². The molecule has 25 heavy (non-hydrogen) atoms. The van der Waals surface area contributed by atoms with Crippen molar-refractivity contribution < 1.29 is 9.21 Å². The number of hydrogen-bond donors (Lipinski definition) is 1. The Kier molecular flexibility index (Phi) is 5.33. The Morgan fingerprint density at radius 3 is 2.92 bits per heavy atom. The van der Waals surface area contributed by atoms with Gasteiger partial charge in [0.25, 0.3) is 5.91 Å². The maximum absolute atomic E-state index is 12.2. The summed E-state index contributed by atoms with van der Waals surface area (Å²) < 4.78 is 7.27. The van der Waals surface area contributed by atoms with Crippen molar-refractivity contribution >= 4 is 5.91 Å². The largest absolute Gasteiger partial charge is 0.459 e. The molecule has 134 valence electrons. The van der Waals surface area contributed by atoms with E-state index in [1.54, 1.807) is 12.1 Å². The van der Waals surface area contributed by atoms with Crippen LogP contribution in [0.15, 0.2) is 34.5 Å². The molecule has 1 aliphatic heterocycles. The van der Waals surface area contributed by atoms with Gasteiger partial charge >= 0.3 is 0 Å². The third-order valence-electron chi connectivity index (χ3n) is 4.39. The van der Waals surface area contributed by atoms with Crippen LogP contribution in [-0.2, 0) is 13.0 Å². The molecule has 0 spiro atoms. The van der Waals surface area contributed by atoms with Gasteiger partial charge in [-0.3, -0.25) is 9.69 Å². The van der Waals surface area contributed by atoms with E-state index in [0.29, 0.717) is 5.76 Å². The molecule has 0 saturated carbocycles. The third-order valence-corrected chi connectivity index (χ3v) is 4.39. The van der Waals surface area contributed by atoms with Crippen LogP contribution in [0.1, 0.15) is 49.0 Å². The zero-order chi connectivity index (χ0) is 17.8. The molecular formula is C18H25N5O2. The molecule has 1 aliphatic rings. The first kappa shape index (κ1) is 17.4. The van der Waals surface area contributed by atoms with Crippen molar-refractivity contribution in [2.45, 2.75) is 39.8 Å². The fraction of sp³-hybridized carbons (Fsp3) is 0.500. The number of fused-ring (bicyclic) bond motifs is 1. The molecule has 2 aromatic heterocycles. The van der Waals surface area contributed by atoms with E-state index in [0.717, 1.165) is 44.2 Å². The van der Waals surface area contributed by atoms with Gasteiger partial charge in [0.05, 0.1) is 12.3 Å². The van der Waals surface area contributed by atoms with Crippen LogP contribution in [0.2, 0.25) is 0 Å². The summed E-state index contributed by atoms with van der Waals surface area (Å²) >= 11 is 0. The van der Waals surface area contributed by atoms with Gasteiger partial charge in [0.1, 0.15) is 5.82 Å². The molecule has 1 amide bonds. The summed E-state index contributed by atoms with van der Waals surface area (Å²) in [6.45, 7) is 9.86. The number of aromatic nitrogens is 3. The number of carbonyl (C=O) groups is 1. The summed E-state index contributed by atoms with van der Waals surface area (Å²) in [4.78, 5) is 14.6.